The van der Waals surface area contributed by atoms with Gasteiger partial charge in [-0.2, -0.15) is 5.26 Å². The number of fused-ring (bicyclic) bond motifs is 1. The molecule has 1 heterocycles. The molecule has 1 atom stereocenters. The second-order valence-electron chi connectivity index (χ2n) is 5.27. The van der Waals surface area contributed by atoms with Crippen molar-refractivity contribution in [1.29, 1.82) is 5.26 Å². The zero-order valence-electron chi connectivity index (χ0n) is 12.1. The van der Waals surface area contributed by atoms with Gasteiger partial charge in [0.05, 0.1) is 12.7 Å². The number of benzene rings is 1. The van der Waals surface area contributed by atoms with E-state index in [1.807, 2.05) is 29.5 Å². The second-order valence-corrected chi connectivity index (χ2v) is 6.27. The molecule has 0 radical (unpaired) electrons. The highest BCUT2D eigenvalue weighted by Crippen LogP contribution is 2.33. The summed E-state index contributed by atoms with van der Waals surface area (Å²) in [6, 6.07) is 10.6. The molecule has 1 aromatic heterocycles. The highest BCUT2D eigenvalue weighted by Gasteiger charge is 2.20. The van der Waals surface area contributed by atoms with Gasteiger partial charge in [0.2, 0.25) is 0 Å². The van der Waals surface area contributed by atoms with Crippen molar-refractivity contribution in [3.05, 3.63) is 51.2 Å². The Morgan fingerprint density at radius 2 is 2.33 bits per heavy atom. The molecule has 1 N–H and O–H groups in total. The van der Waals surface area contributed by atoms with Crippen molar-refractivity contribution in [2.45, 2.75) is 31.8 Å². The molecule has 1 unspecified atom stereocenters. The molecule has 3 nitrogen and oxygen atoms in total. The lowest BCUT2D eigenvalue weighted by atomic mass is 9.94. The Labute approximate surface area is 129 Å². The van der Waals surface area contributed by atoms with E-state index in [1.165, 1.54) is 29.7 Å². The molecular weight excluding hydrogens is 280 g/mol. The van der Waals surface area contributed by atoms with Crippen LogP contribution in [-0.2, 0) is 13.0 Å². The quantitative estimate of drug-likeness (QED) is 0.934. The van der Waals surface area contributed by atoms with E-state index in [9.17, 15) is 0 Å². The number of thiophene rings is 1. The molecule has 0 amide bonds. The van der Waals surface area contributed by atoms with Crippen molar-refractivity contribution in [3.8, 4) is 11.8 Å². The molecule has 0 fully saturated rings. The second kappa shape index (κ2) is 6.30. The molecule has 0 spiro atoms. The summed E-state index contributed by atoms with van der Waals surface area (Å²) >= 11 is 1.87. The number of methoxy groups -OCH3 is 1. The largest absolute Gasteiger partial charge is 0.495 e. The van der Waals surface area contributed by atoms with Gasteiger partial charge in [0.25, 0.3) is 0 Å². The van der Waals surface area contributed by atoms with Crippen molar-refractivity contribution in [2.24, 2.45) is 0 Å². The molecule has 0 saturated heterocycles. The highest BCUT2D eigenvalue weighted by atomic mass is 32.1. The van der Waals surface area contributed by atoms with Crippen molar-refractivity contribution in [1.82, 2.24) is 5.32 Å². The van der Waals surface area contributed by atoms with E-state index >= 15 is 0 Å². The van der Waals surface area contributed by atoms with Gasteiger partial charge in [-0.15, -0.1) is 11.3 Å². The summed E-state index contributed by atoms with van der Waals surface area (Å²) in [5, 5.41) is 14.8. The van der Waals surface area contributed by atoms with Crippen molar-refractivity contribution in [2.75, 3.05) is 7.11 Å². The van der Waals surface area contributed by atoms with E-state index in [0.29, 0.717) is 17.4 Å². The Bertz CT molecular complexity index is 672. The topological polar surface area (TPSA) is 45.0 Å². The number of nitrogens with one attached hydrogen (secondary N) is 1. The lowest BCUT2D eigenvalue weighted by molar-refractivity contribution is 0.412. The number of nitriles is 1. The lowest BCUT2D eigenvalue weighted by Gasteiger charge is -2.24. The maximum atomic E-state index is 9.02. The first-order valence-corrected chi connectivity index (χ1v) is 8.06. The number of rotatable bonds is 4. The van der Waals surface area contributed by atoms with Crippen LogP contribution in [0.5, 0.6) is 5.75 Å². The maximum Gasteiger partial charge on any atom is 0.136 e. The molecule has 2 aromatic rings. The van der Waals surface area contributed by atoms with Gasteiger partial charge in [-0.3, -0.25) is 0 Å². The summed E-state index contributed by atoms with van der Waals surface area (Å²) < 4.78 is 5.26. The molecular formula is C17H18N2OS. The smallest absolute Gasteiger partial charge is 0.136 e. The van der Waals surface area contributed by atoms with Crippen molar-refractivity contribution < 1.29 is 4.74 Å². The first-order valence-electron chi connectivity index (χ1n) is 7.18. The fraction of sp³-hybridized carbons (Fsp3) is 0.353. The molecule has 0 saturated carbocycles. The van der Waals surface area contributed by atoms with Crippen LogP contribution in [0.1, 0.15) is 40.5 Å². The lowest BCUT2D eigenvalue weighted by Crippen LogP contribution is -2.23. The number of nitrogens with zero attached hydrogens (tertiary/aromatic N) is 1. The number of ether oxygens (including phenoxy) is 1. The summed E-state index contributed by atoms with van der Waals surface area (Å²) in [5.41, 5.74) is 3.19. The molecule has 1 aliphatic rings. The average Bonchev–Trinajstić information content (AvgIpc) is 3.01. The van der Waals surface area contributed by atoms with Crippen LogP contribution < -0.4 is 10.1 Å². The number of aryl methyl sites for hydroxylation is 1. The van der Waals surface area contributed by atoms with Crippen molar-refractivity contribution >= 4 is 11.3 Å². The Morgan fingerprint density at radius 3 is 3.14 bits per heavy atom. The minimum Gasteiger partial charge on any atom is -0.495 e. The number of hydrogen-bond donors (Lipinski definition) is 1. The van der Waals surface area contributed by atoms with E-state index in [2.05, 4.69) is 22.8 Å². The fourth-order valence-corrected chi connectivity index (χ4v) is 3.86. The van der Waals surface area contributed by atoms with Crippen LogP contribution in [0, 0.1) is 11.3 Å². The summed E-state index contributed by atoms with van der Waals surface area (Å²) in [5.74, 6) is 0.650. The normalized spacial score (nSPS) is 17.0. The van der Waals surface area contributed by atoms with Gasteiger partial charge in [-0.05, 0) is 54.0 Å². The van der Waals surface area contributed by atoms with E-state index in [4.69, 9.17) is 10.00 Å². The zero-order valence-corrected chi connectivity index (χ0v) is 12.9. The van der Waals surface area contributed by atoms with E-state index in [-0.39, 0.29) is 0 Å². The Hall–Kier alpha value is -1.83. The van der Waals surface area contributed by atoms with Gasteiger partial charge in [0.1, 0.15) is 11.8 Å². The molecule has 21 heavy (non-hydrogen) atoms. The predicted octanol–water partition coefficient (Wildman–Crippen LogP) is 3.80. The van der Waals surface area contributed by atoms with E-state index in [0.717, 1.165) is 12.1 Å². The average molecular weight is 298 g/mol. The summed E-state index contributed by atoms with van der Waals surface area (Å²) in [4.78, 5) is 1.52. The highest BCUT2D eigenvalue weighted by molar-refractivity contribution is 7.10. The van der Waals surface area contributed by atoms with E-state index in [1.54, 1.807) is 7.11 Å². The van der Waals surface area contributed by atoms with Gasteiger partial charge >= 0.3 is 0 Å². The number of hydrogen-bond acceptors (Lipinski definition) is 4. The summed E-state index contributed by atoms with van der Waals surface area (Å²) in [6.07, 6.45) is 3.66. The third kappa shape index (κ3) is 2.94. The molecule has 4 heteroatoms. The van der Waals surface area contributed by atoms with Gasteiger partial charge in [0, 0.05) is 17.5 Å². The van der Waals surface area contributed by atoms with Gasteiger partial charge in [0.15, 0.2) is 0 Å². The van der Waals surface area contributed by atoms with Crippen molar-refractivity contribution in [3.63, 3.8) is 0 Å². The standard InChI is InChI=1S/C17H18N2OS/c1-20-16-9-12(5-6-13(16)10-18)11-19-15-3-2-4-17-14(15)7-8-21-17/h5-9,15,19H,2-4,11H2,1H3. The van der Waals surface area contributed by atoms with Gasteiger partial charge in [-0.25, -0.2) is 0 Å². The molecule has 0 bridgehead atoms. The predicted molar refractivity (Wildman–Crippen MR) is 84.5 cm³/mol. The van der Waals surface area contributed by atoms with Gasteiger partial charge < -0.3 is 10.1 Å². The van der Waals surface area contributed by atoms with Gasteiger partial charge in [-0.1, -0.05) is 6.07 Å². The van der Waals surface area contributed by atoms with Crippen LogP contribution in [0.2, 0.25) is 0 Å². The minimum absolute atomic E-state index is 0.446. The monoisotopic (exact) mass is 298 g/mol. The first-order chi connectivity index (χ1) is 10.3. The van der Waals surface area contributed by atoms with Crippen LogP contribution >= 0.6 is 11.3 Å². The Morgan fingerprint density at radius 1 is 1.43 bits per heavy atom. The maximum absolute atomic E-state index is 9.02. The van der Waals surface area contributed by atoms with Crippen LogP contribution in [0.4, 0.5) is 0 Å². The van der Waals surface area contributed by atoms with Crippen LogP contribution in [-0.4, -0.2) is 7.11 Å². The molecule has 108 valence electrons. The third-order valence-electron chi connectivity index (χ3n) is 3.99. The first kappa shape index (κ1) is 14.1. The Balaban J connectivity index is 1.71. The van der Waals surface area contributed by atoms with E-state index < -0.39 is 0 Å². The third-order valence-corrected chi connectivity index (χ3v) is 4.99. The van der Waals surface area contributed by atoms with Crippen LogP contribution in [0.25, 0.3) is 0 Å². The van der Waals surface area contributed by atoms with Crippen LogP contribution in [0.15, 0.2) is 29.6 Å². The molecule has 3 rings (SSSR count). The molecule has 1 aromatic carbocycles. The summed E-state index contributed by atoms with van der Waals surface area (Å²) in [7, 11) is 1.60. The summed E-state index contributed by atoms with van der Waals surface area (Å²) in [6.45, 7) is 0.794. The fourth-order valence-electron chi connectivity index (χ4n) is 2.88. The molecule has 0 aliphatic heterocycles. The minimum atomic E-state index is 0.446. The molecule has 1 aliphatic carbocycles. The Kier molecular flexibility index (Phi) is 4.23. The zero-order chi connectivity index (χ0) is 14.7. The van der Waals surface area contributed by atoms with Crippen LogP contribution in [0.3, 0.4) is 0 Å². The SMILES string of the molecule is COc1cc(CNC2CCCc3sccc32)ccc1C#N.